The van der Waals surface area contributed by atoms with Gasteiger partial charge in [0.25, 0.3) is 0 Å². The van der Waals surface area contributed by atoms with E-state index in [1.165, 1.54) is 12.3 Å². The molecule has 132 valence electrons. The molecule has 0 bridgehead atoms. The molecule has 0 spiro atoms. The Hall–Kier alpha value is -1.99. The van der Waals surface area contributed by atoms with Crippen molar-refractivity contribution in [3.8, 4) is 0 Å². The minimum atomic E-state index is -3.49. The van der Waals surface area contributed by atoms with Crippen LogP contribution in [0.1, 0.15) is 30.7 Å². The smallest absolute Gasteiger partial charge is 0.242 e. The molecular weight excluding hydrogens is 341 g/mol. The number of hydrogen-bond donors (Lipinski definition) is 2. The van der Waals surface area contributed by atoms with Gasteiger partial charge in [-0.25, -0.2) is 22.5 Å². The minimum Gasteiger partial charge on any atom is -0.367 e. The summed E-state index contributed by atoms with van der Waals surface area (Å²) in [5, 5.41) is 3.27. The van der Waals surface area contributed by atoms with Gasteiger partial charge in [-0.05, 0) is 55.0 Å². The van der Waals surface area contributed by atoms with Gasteiger partial charge >= 0.3 is 0 Å². The topological polar surface area (TPSA) is 71.1 Å². The maximum Gasteiger partial charge on any atom is 0.242 e. The summed E-state index contributed by atoms with van der Waals surface area (Å²) in [5.41, 5.74) is 0.973. The van der Waals surface area contributed by atoms with Gasteiger partial charge in [-0.15, -0.1) is 0 Å². The van der Waals surface area contributed by atoms with E-state index < -0.39 is 10.0 Å². The Morgan fingerprint density at radius 2 is 2.04 bits per heavy atom. The lowest BCUT2D eigenvalue weighted by molar-refractivity contribution is 0.577. The van der Waals surface area contributed by atoms with Crippen molar-refractivity contribution in [1.82, 2.24) is 9.71 Å². The Kier molecular flexibility index (Phi) is 4.21. The number of benzene rings is 1. The number of nitrogens with zero attached hydrogens (tertiary/aromatic N) is 1. The molecule has 2 aromatic rings. The molecule has 1 aromatic heterocycles. The second kappa shape index (κ2) is 6.38. The zero-order chi connectivity index (χ0) is 17.4. The lowest BCUT2D eigenvalue weighted by Crippen LogP contribution is -2.26. The predicted molar refractivity (Wildman–Crippen MR) is 93.3 cm³/mol. The number of halogens is 1. The van der Waals surface area contributed by atoms with Gasteiger partial charge in [0.1, 0.15) is 16.5 Å². The molecular formula is C18H20FN3O2S. The number of aromatic nitrogens is 1. The summed E-state index contributed by atoms with van der Waals surface area (Å²) >= 11 is 0. The minimum absolute atomic E-state index is 0.177. The highest BCUT2D eigenvalue weighted by Crippen LogP contribution is 2.42. The standard InChI is InChI=1S/C18H20FN3O2S/c19-14-3-1-2-13(8-14)16-9-17(16)22-18-7-6-15(11-20-18)25(23,24)21-10-12-4-5-12/h1-3,6-8,11-12,16-17,21H,4-5,9-10H2,(H,20,22)/t16-,17+/m0/s1. The van der Waals surface area contributed by atoms with Gasteiger partial charge in [-0.1, -0.05) is 12.1 Å². The van der Waals surface area contributed by atoms with Crippen molar-refractivity contribution < 1.29 is 12.8 Å². The quantitative estimate of drug-likeness (QED) is 0.795. The normalized spacial score (nSPS) is 22.6. The molecule has 7 heteroatoms. The first kappa shape index (κ1) is 16.5. The maximum absolute atomic E-state index is 13.3. The van der Waals surface area contributed by atoms with Crippen molar-refractivity contribution in [3.05, 3.63) is 54.0 Å². The molecule has 0 aliphatic heterocycles. The van der Waals surface area contributed by atoms with Gasteiger partial charge < -0.3 is 5.32 Å². The molecule has 0 unspecified atom stereocenters. The lowest BCUT2D eigenvalue weighted by Gasteiger charge is -2.08. The van der Waals surface area contributed by atoms with Crippen molar-refractivity contribution in [2.45, 2.75) is 36.1 Å². The molecule has 5 nitrogen and oxygen atoms in total. The molecule has 0 radical (unpaired) electrons. The summed E-state index contributed by atoms with van der Waals surface area (Å²) in [6.45, 7) is 0.500. The van der Waals surface area contributed by atoms with Crippen LogP contribution in [-0.4, -0.2) is 26.0 Å². The Bertz CT molecular complexity index is 866. The maximum atomic E-state index is 13.3. The van der Waals surface area contributed by atoms with Crippen molar-refractivity contribution in [1.29, 1.82) is 0 Å². The van der Waals surface area contributed by atoms with Crippen LogP contribution in [0, 0.1) is 11.7 Å². The van der Waals surface area contributed by atoms with Crippen molar-refractivity contribution >= 4 is 15.8 Å². The zero-order valence-electron chi connectivity index (χ0n) is 13.7. The van der Waals surface area contributed by atoms with Crippen LogP contribution in [0.5, 0.6) is 0 Å². The third-order valence-electron chi connectivity index (χ3n) is 4.71. The molecule has 2 fully saturated rings. The van der Waals surface area contributed by atoms with Crippen LogP contribution in [0.25, 0.3) is 0 Å². The fourth-order valence-electron chi connectivity index (χ4n) is 2.91. The van der Waals surface area contributed by atoms with Gasteiger partial charge in [-0.3, -0.25) is 0 Å². The van der Waals surface area contributed by atoms with E-state index in [4.69, 9.17) is 0 Å². The number of rotatable bonds is 7. The van der Waals surface area contributed by atoms with Crippen LogP contribution < -0.4 is 10.0 Å². The van der Waals surface area contributed by atoms with E-state index in [0.717, 1.165) is 24.8 Å². The van der Waals surface area contributed by atoms with E-state index in [1.54, 1.807) is 24.3 Å². The Labute approximate surface area is 146 Å². The molecule has 2 aliphatic carbocycles. The van der Waals surface area contributed by atoms with E-state index >= 15 is 0 Å². The van der Waals surface area contributed by atoms with E-state index in [0.29, 0.717) is 18.3 Å². The number of hydrogen-bond acceptors (Lipinski definition) is 4. The number of pyridine rings is 1. The third kappa shape index (κ3) is 3.99. The number of nitrogens with one attached hydrogen (secondary N) is 2. The van der Waals surface area contributed by atoms with Crippen LogP contribution >= 0.6 is 0 Å². The van der Waals surface area contributed by atoms with Gasteiger partial charge in [0.2, 0.25) is 10.0 Å². The summed E-state index contributed by atoms with van der Waals surface area (Å²) in [6, 6.07) is 10.1. The molecule has 2 N–H and O–H groups in total. The summed E-state index contributed by atoms with van der Waals surface area (Å²) in [5.74, 6) is 1.15. The van der Waals surface area contributed by atoms with Crippen molar-refractivity contribution in [3.63, 3.8) is 0 Å². The average molecular weight is 361 g/mol. The Balaban J connectivity index is 1.36. The van der Waals surface area contributed by atoms with Crippen LogP contribution in [-0.2, 0) is 10.0 Å². The number of anilines is 1. The van der Waals surface area contributed by atoms with E-state index in [2.05, 4.69) is 15.0 Å². The number of sulfonamides is 1. The fourth-order valence-corrected chi connectivity index (χ4v) is 3.97. The van der Waals surface area contributed by atoms with E-state index in [-0.39, 0.29) is 22.7 Å². The molecule has 0 saturated heterocycles. The van der Waals surface area contributed by atoms with E-state index in [1.807, 2.05) is 6.07 Å². The van der Waals surface area contributed by atoms with Crippen molar-refractivity contribution in [2.24, 2.45) is 5.92 Å². The molecule has 1 aromatic carbocycles. The molecule has 2 saturated carbocycles. The van der Waals surface area contributed by atoms with Crippen LogP contribution in [0.3, 0.4) is 0 Å². The summed E-state index contributed by atoms with van der Waals surface area (Å²) in [7, 11) is -3.49. The van der Waals surface area contributed by atoms with Crippen LogP contribution in [0.15, 0.2) is 47.5 Å². The first-order valence-corrected chi connectivity index (χ1v) is 9.97. The predicted octanol–water partition coefficient (Wildman–Crippen LogP) is 2.88. The Morgan fingerprint density at radius 1 is 1.20 bits per heavy atom. The molecule has 2 aliphatic rings. The third-order valence-corrected chi connectivity index (χ3v) is 6.11. The average Bonchev–Trinajstić information content (AvgIpc) is 3.49. The SMILES string of the molecule is O=S(=O)(NCC1CC1)c1ccc(N[C@@H]2C[C@H]2c2cccc(F)c2)nc1. The molecule has 0 amide bonds. The highest BCUT2D eigenvalue weighted by Gasteiger charge is 2.38. The lowest BCUT2D eigenvalue weighted by atomic mass is 10.1. The molecule has 1 heterocycles. The zero-order valence-corrected chi connectivity index (χ0v) is 14.5. The first-order valence-electron chi connectivity index (χ1n) is 8.49. The van der Waals surface area contributed by atoms with Crippen molar-refractivity contribution in [2.75, 3.05) is 11.9 Å². The summed E-state index contributed by atoms with van der Waals surface area (Å²) < 4.78 is 40.3. The van der Waals surface area contributed by atoms with Gasteiger partial charge in [0, 0.05) is 24.7 Å². The van der Waals surface area contributed by atoms with Gasteiger partial charge in [0.15, 0.2) is 0 Å². The van der Waals surface area contributed by atoms with Crippen LogP contribution in [0.4, 0.5) is 10.2 Å². The monoisotopic (exact) mass is 361 g/mol. The second-order valence-electron chi connectivity index (χ2n) is 6.82. The summed E-state index contributed by atoms with van der Waals surface area (Å²) in [4.78, 5) is 4.39. The van der Waals surface area contributed by atoms with Gasteiger partial charge in [0.05, 0.1) is 0 Å². The second-order valence-corrected chi connectivity index (χ2v) is 8.59. The van der Waals surface area contributed by atoms with Gasteiger partial charge in [-0.2, -0.15) is 0 Å². The largest absolute Gasteiger partial charge is 0.367 e. The molecule has 2 atom stereocenters. The summed E-state index contributed by atoms with van der Waals surface area (Å²) in [6.07, 6.45) is 4.47. The fraction of sp³-hybridized carbons (Fsp3) is 0.389. The molecule has 4 rings (SSSR count). The van der Waals surface area contributed by atoms with Crippen LogP contribution in [0.2, 0.25) is 0 Å². The Morgan fingerprint density at radius 3 is 2.72 bits per heavy atom. The first-order chi connectivity index (χ1) is 12.0. The highest BCUT2D eigenvalue weighted by atomic mass is 32.2. The molecule has 25 heavy (non-hydrogen) atoms. The highest BCUT2D eigenvalue weighted by molar-refractivity contribution is 7.89. The van der Waals surface area contributed by atoms with E-state index in [9.17, 15) is 12.8 Å².